The first-order valence-electron chi connectivity index (χ1n) is 6.11. The fraction of sp³-hybridized carbons (Fsp3) is 0.571. The topological polar surface area (TPSA) is 29.3 Å². The van der Waals surface area contributed by atoms with Crippen LogP contribution in [0.15, 0.2) is 12.1 Å². The van der Waals surface area contributed by atoms with Crippen molar-refractivity contribution in [2.45, 2.75) is 39.8 Å². The summed E-state index contributed by atoms with van der Waals surface area (Å²) in [5.41, 5.74) is 11.6. The first kappa shape index (κ1) is 11.6. The van der Waals surface area contributed by atoms with Crippen LogP contribution in [0.25, 0.3) is 0 Å². The molecule has 1 atom stereocenters. The van der Waals surface area contributed by atoms with Gasteiger partial charge in [-0.25, -0.2) is 0 Å². The van der Waals surface area contributed by atoms with Gasteiger partial charge in [-0.2, -0.15) is 0 Å². The Labute approximate surface area is 98.4 Å². The lowest BCUT2D eigenvalue weighted by Crippen LogP contribution is -2.26. The highest BCUT2D eigenvalue weighted by molar-refractivity contribution is 5.37. The number of hydrogen-bond donors (Lipinski definition) is 1. The van der Waals surface area contributed by atoms with Crippen LogP contribution in [-0.2, 0) is 6.54 Å². The molecule has 2 rings (SSSR count). The van der Waals surface area contributed by atoms with Crippen LogP contribution < -0.4 is 5.73 Å². The van der Waals surface area contributed by atoms with E-state index in [1.54, 1.807) is 0 Å². The molecule has 1 saturated heterocycles. The predicted octanol–water partition coefficient (Wildman–Crippen LogP) is 2.14. The lowest BCUT2D eigenvalue weighted by atomic mass is 9.99. The summed E-state index contributed by atoms with van der Waals surface area (Å²) in [4.78, 5) is 2.47. The van der Waals surface area contributed by atoms with Crippen LogP contribution in [0.2, 0.25) is 0 Å². The van der Waals surface area contributed by atoms with E-state index in [2.05, 4.69) is 37.8 Å². The van der Waals surface area contributed by atoms with Gasteiger partial charge >= 0.3 is 0 Å². The van der Waals surface area contributed by atoms with Crippen LogP contribution >= 0.6 is 0 Å². The van der Waals surface area contributed by atoms with Crippen LogP contribution in [-0.4, -0.2) is 24.0 Å². The summed E-state index contributed by atoms with van der Waals surface area (Å²) < 4.78 is 0. The van der Waals surface area contributed by atoms with E-state index in [4.69, 9.17) is 5.73 Å². The quantitative estimate of drug-likeness (QED) is 0.824. The Kier molecular flexibility index (Phi) is 3.31. The molecule has 0 bridgehead atoms. The van der Waals surface area contributed by atoms with Crippen LogP contribution in [0, 0.1) is 20.8 Å². The lowest BCUT2D eigenvalue weighted by Gasteiger charge is -2.19. The lowest BCUT2D eigenvalue weighted by molar-refractivity contribution is 0.325. The van der Waals surface area contributed by atoms with E-state index in [-0.39, 0.29) is 0 Å². The second kappa shape index (κ2) is 4.56. The van der Waals surface area contributed by atoms with Crippen molar-refractivity contribution < 1.29 is 0 Å². The first-order valence-corrected chi connectivity index (χ1v) is 6.11. The molecule has 1 aliphatic rings. The Hall–Kier alpha value is -0.860. The Morgan fingerprint density at radius 1 is 1.25 bits per heavy atom. The smallest absolute Gasteiger partial charge is 0.0239 e. The predicted molar refractivity (Wildman–Crippen MR) is 68.5 cm³/mol. The number of aryl methyl sites for hydroxylation is 3. The average Bonchev–Trinajstić information content (AvgIpc) is 2.58. The molecule has 1 aromatic carbocycles. The summed E-state index contributed by atoms with van der Waals surface area (Å²) in [5.74, 6) is 0. The molecule has 2 N–H and O–H groups in total. The molecule has 1 aromatic rings. The average molecular weight is 218 g/mol. The summed E-state index contributed by atoms with van der Waals surface area (Å²) in [6.45, 7) is 9.85. The van der Waals surface area contributed by atoms with E-state index in [1.807, 2.05) is 0 Å². The van der Waals surface area contributed by atoms with Crippen LogP contribution in [0.5, 0.6) is 0 Å². The van der Waals surface area contributed by atoms with Gasteiger partial charge in [0.1, 0.15) is 0 Å². The maximum absolute atomic E-state index is 5.94. The normalized spacial score (nSPS) is 21.6. The number of likely N-dealkylation sites (tertiary alicyclic amines) is 1. The second-order valence-electron chi connectivity index (χ2n) is 5.16. The molecule has 0 saturated carbocycles. The minimum Gasteiger partial charge on any atom is -0.326 e. The van der Waals surface area contributed by atoms with E-state index in [9.17, 15) is 0 Å². The second-order valence-corrected chi connectivity index (χ2v) is 5.16. The molecular formula is C14H22N2. The molecule has 2 nitrogen and oxygen atoms in total. The highest BCUT2D eigenvalue weighted by Gasteiger charge is 2.19. The molecule has 1 fully saturated rings. The van der Waals surface area contributed by atoms with Gasteiger partial charge < -0.3 is 5.73 Å². The standard InChI is InChI=1S/C14H22N2/c1-10-6-11(2)14(12(3)7-10)9-16-5-4-13(15)8-16/h6-7,13H,4-5,8-9,15H2,1-3H3. The summed E-state index contributed by atoms with van der Waals surface area (Å²) in [6, 6.07) is 4.93. The van der Waals surface area contributed by atoms with Crippen molar-refractivity contribution in [1.29, 1.82) is 0 Å². The molecule has 2 heteroatoms. The number of hydrogen-bond acceptors (Lipinski definition) is 2. The van der Waals surface area contributed by atoms with Crippen molar-refractivity contribution in [3.8, 4) is 0 Å². The van der Waals surface area contributed by atoms with Gasteiger partial charge in [0.25, 0.3) is 0 Å². The van der Waals surface area contributed by atoms with Crippen LogP contribution in [0.3, 0.4) is 0 Å². The number of nitrogens with two attached hydrogens (primary N) is 1. The summed E-state index contributed by atoms with van der Waals surface area (Å²) in [6.07, 6.45) is 1.14. The summed E-state index contributed by atoms with van der Waals surface area (Å²) in [7, 11) is 0. The van der Waals surface area contributed by atoms with E-state index in [0.717, 1.165) is 26.1 Å². The molecule has 16 heavy (non-hydrogen) atoms. The van der Waals surface area contributed by atoms with Gasteiger partial charge in [0.2, 0.25) is 0 Å². The van der Waals surface area contributed by atoms with E-state index >= 15 is 0 Å². The van der Waals surface area contributed by atoms with Gasteiger partial charge in [-0.3, -0.25) is 4.90 Å². The maximum atomic E-state index is 5.94. The molecule has 88 valence electrons. The first-order chi connectivity index (χ1) is 7.56. The van der Waals surface area contributed by atoms with Crippen molar-refractivity contribution in [2.24, 2.45) is 5.73 Å². The van der Waals surface area contributed by atoms with E-state index < -0.39 is 0 Å². The monoisotopic (exact) mass is 218 g/mol. The number of nitrogens with zero attached hydrogens (tertiary/aromatic N) is 1. The highest BCUT2D eigenvalue weighted by Crippen LogP contribution is 2.20. The third-order valence-corrected chi connectivity index (χ3v) is 3.53. The fourth-order valence-electron chi connectivity index (χ4n) is 2.69. The minimum atomic E-state index is 0.381. The minimum absolute atomic E-state index is 0.381. The van der Waals surface area contributed by atoms with Gasteiger partial charge in [-0.05, 0) is 43.9 Å². The highest BCUT2D eigenvalue weighted by atomic mass is 15.2. The molecule has 0 aliphatic carbocycles. The zero-order valence-corrected chi connectivity index (χ0v) is 10.6. The molecule has 0 amide bonds. The summed E-state index contributed by atoms with van der Waals surface area (Å²) >= 11 is 0. The third kappa shape index (κ3) is 2.45. The van der Waals surface area contributed by atoms with Gasteiger partial charge in [0.15, 0.2) is 0 Å². The largest absolute Gasteiger partial charge is 0.326 e. The molecule has 1 heterocycles. The van der Waals surface area contributed by atoms with Gasteiger partial charge in [0.05, 0.1) is 0 Å². The zero-order chi connectivity index (χ0) is 11.7. The Morgan fingerprint density at radius 2 is 1.88 bits per heavy atom. The molecule has 0 aromatic heterocycles. The van der Waals surface area contributed by atoms with Gasteiger partial charge in [0, 0.05) is 25.7 Å². The Balaban J connectivity index is 2.15. The number of benzene rings is 1. The Bertz CT molecular complexity index is 361. The van der Waals surface area contributed by atoms with E-state index in [0.29, 0.717) is 6.04 Å². The fourth-order valence-corrected chi connectivity index (χ4v) is 2.69. The van der Waals surface area contributed by atoms with Crippen molar-refractivity contribution in [3.05, 3.63) is 34.4 Å². The van der Waals surface area contributed by atoms with Crippen LogP contribution in [0.1, 0.15) is 28.7 Å². The number of rotatable bonds is 2. The van der Waals surface area contributed by atoms with Crippen LogP contribution in [0.4, 0.5) is 0 Å². The SMILES string of the molecule is Cc1cc(C)c(CN2CCC(N)C2)c(C)c1. The van der Waals surface area contributed by atoms with Gasteiger partial charge in [-0.1, -0.05) is 17.7 Å². The summed E-state index contributed by atoms with van der Waals surface area (Å²) in [5, 5.41) is 0. The van der Waals surface area contributed by atoms with Crippen molar-refractivity contribution in [1.82, 2.24) is 4.90 Å². The van der Waals surface area contributed by atoms with Crippen molar-refractivity contribution >= 4 is 0 Å². The molecule has 0 spiro atoms. The molecule has 1 unspecified atom stereocenters. The van der Waals surface area contributed by atoms with Gasteiger partial charge in [-0.15, -0.1) is 0 Å². The zero-order valence-electron chi connectivity index (χ0n) is 10.6. The van der Waals surface area contributed by atoms with Crippen molar-refractivity contribution in [3.63, 3.8) is 0 Å². The maximum Gasteiger partial charge on any atom is 0.0239 e. The van der Waals surface area contributed by atoms with E-state index in [1.165, 1.54) is 22.3 Å². The third-order valence-electron chi connectivity index (χ3n) is 3.53. The van der Waals surface area contributed by atoms with Crippen molar-refractivity contribution in [2.75, 3.05) is 13.1 Å². The molecule has 1 aliphatic heterocycles. The molecule has 0 radical (unpaired) electrons. The molecular weight excluding hydrogens is 196 g/mol. The Morgan fingerprint density at radius 3 is 2.38 bits per heavy atom.